The Balaban J connectivity index is 1.59. The Bertz CT molecular complexity index is 1040. The van der Waals surface area contributed by atoms with Crippen LogP contribution in [0.4, 0.5) is 16.5 Å². The first-order valence-electron chi connectivity index (χ1n) is 8.60. The normalized spacial score (nSPS) is 11.5. The van der Waals surface area contributed by atoms with Gasteiger partial charge in [0.25, 0.3) is 0 Å². The minimum atomic E-state index is -0.354. The van der Waals surface area contributed by atoms with Gasteiger partial charge < -0.3 is 10.6 Å². The predicted octanol–water partition coefficient (Wildman–Crippen LogP) is 4.89. The van der Waals surface area contributed by atoms with E-state index in [1.165, 1.54) is 34.2 Å². The predicted molar refractivity (Wildman–Crippen MR) is 114 cm³/mol. The van der Waals surface area contributed by atoms with Crippen molar-refractivity contribution in [1.82, 2.24) is 10.2 Å². The molecule has 0 aliphatic carbocycles. The molecule has 1 heterocycles. The molecule has 0 bridgehead atoms. The van der Waals surface area contributed by atoms with Crippen LogP contribution in [-0.4, -0.2) is 21.4 Å². The van der Waals surface area contributed by atoms with Crippen LogP contribution in [0.25, 0.3) is 0 Å². The maximum Gasteiger partial charge on any atom is 0.237 e. The number of nitrogens with one attached hydrogen (secondary N) is 2. The molecule has 3 rings (SSSR count). The summed E-state index contributed by atoms with van der Waals surface area (Å²) < 4.78 is 0.708. The lowest BCUT2D eigenvalue weighted by Crippen LogP contribution is -2.22. The average Bonchev–Trinajstić information content (AvgIpc) is 3.11. The number of nitriles is 1. The van der Waals surface area contributed by atoms with E-state index < -0.39 is 0 Å². The van der Waals surface area contributed by atoms with E-state index in [4.69, 9.17) is 5.26 Å². The zero-order valence-corrected chi connectivity index (χ0v) is 17.3. The van der Waals surface area contributed by atoms with Gasteiger partial charge >= 0.3 is 0 Å². The number of carbonyl (C=O) groups is 1. The first kappa shape index (κ1) is 19.9. The number of aromatic nitrogens is 2. The Morgan fingerprint density at radius 1 is 1.14 bits per heavy atom. The highest BCUT2D eigenvalue weighted by Gasteiger charge is 2.17. The van der Waals surface area contributed by atoms with Crippen LogP contribution in [0.2, 0.25) is 0 Å². The number of anilines is 3. The molecule has 0 fully saturated rings. The summed E-state index contributed by atoms with van der Waals surface area (Å²) in [6.07, 6.45) is 0. The van der Waals surface area contributed by atoms with Crippen LogP contribution < -0.4 is 10.6 Å². The van der Waals surface area contributed by atoms with E-state index >= 15 is 0 Å². The Kier molecular flexibility index (Phi) is 6.29. The van der Waals surface area contributed by atoms with E-state index in [-0.39, 0.29) is 11.2 Å². The van der Waals surface area contributed by atoms with Crippen molar-refractivity contribution in [2.24, 2.45) is 0 Å². The fourth-order valence-electron chi connectivity index (χ4n) is 2.37. The van der Waals surface area contributed by atoms with Crippen LogP contribution in [0.5, 0.6) is 0 Å². The lowest BCUT2D eigenvalue weighted by atomic mass is 10.1. The van der Waals surface area contributed by atoms with Crippen molar-refractivity contribution in [2.75, 3.05) is 10.6 Å². The summed E-state index contributed by atoms with van der Waals surface area (Å²) >= 11 is 2.75. The fraction of sp³-hybridized carbons (Fsp3) is 0.200. The molecule has 0 saturated heterocycles. The molecule has 2 N–H and O–H groups in total. The van der Waals surface area contributed by atoms with Crippen LogP contribution in [0, 0.1) is 25.2 Å². The molecule has 1 amide bonds. The molecule has 6 nitrogen and oxygen atoms in total. The summed E-state index contributed by atoms with van der Waals surface area (Å²) in [7, 11) is 0. The number of hydrogen-bond acceptors (Lipinski definition) is 7. The van der Waals surface area contributed by atoms with Gasteiger partial charge in [0.1, 0.15) is 0 Å². The number of nitrogens with zero attached hydrogens (tertiary/aromatic N) is 3. The van der Waals surface area contributed by atoms with Crippen LogP contribution in [-0.2, 0) is 4.79 Å². The molecule has 142 valence electrons. The maximum atomic E-state index is 12.4. The second-order valence-electron chi connectivity index (χ2n) is 6.24. The van der Waals surface area contributed by atoms with E-state index in [0.717, 1.165) is 5.69 Å². The monoisotopic (exact) mass is 409 g/mol. The second kappa shape index (κ2) is 8.87. The number of rotatable bonds is 6. The number of benzene rings is 2. The van der Waals surface area contributed by atoms with Crippen LogP contribution in [0.3, 0.4) is 0 Å². The molecule has 0 aliphatic rings. The average molecular weight is 410 g/mol. The van der Waals surface area contributed by atoms with E-state index in [1.807, 2.05) is 13.0 Å². The third-order valence-corrected chi connectivity index (χ3v) is 6.09. The van der Waals surface area contributed by atoms with Crippen LogP contribution in [0.1, 0.15) is 23.6 Å². The minimum Gasteiger partial charge on any atom is -0.330 e. The lowest BCUT2D eigenvalue weighted by molar-refractivity contribution is -0.115. The maximum absolute atomic E-state index is 12.4. The number of carbonyl (C=O) groups excluding carboxylic acids is 1. The quantitative estimate of drug-likeness (QED) is 0.563. The number of aryl methyl sites for hydroxylation is 2. The van der Waals surface area contributed by atoms with Crippen molar-refractivity contribution in [2.45, 2.75) is 30.4 Å². The Labute approximate surface area is 172 Å². The molecule has 3 aromatic rings. The topological polar surface area (TPSA) is 90.7 Å². The van der Waals surface area contributed by atoms with Gasteiger partial charge in [0.05, 0.1) is 16.9 Å². The van der Waals surface area contributed by atoms with Crippen molar-refractivity contribution in [3.63, 3.8) is 0 Å². The van der Waals surface area contributed by atoms with Gasteiger partial charge in [-0.3, -0.25) is 4.79 Å². The van der Waals surface area contributed by atoms with E-state index in [0.29, 0.717) is 20.7 Å². The highest BCUT2D eigenvalue weighted by atomic mass is 32.2. The Morgan fingerprint density at radius 3 is 2.71 bits per heavy atom. The zero-order valence-electron chi connectivity index (χ0n) is 15.7. The van der Waals surface area contributed by atoms with Crippen molar-refractivity contribution in [3.8, 4) is 6.07 Å². The largest absolute Gasteiger partial charge is 0.330 e. The van der Waals surface area contributed by atoms with Gasteiger partial charge in [-0.1, -0.05) is 35.2 Å². The first-order chi connectivity index (χ1) is 13.4. The Morgan fingerprint density at radius 2 is 1.96 bits per heavy atom. The second-order valence-corrected chi connectivity index (χ2v) is 8.80. The molecule has 0 aliphatic heterocycles. The summed E-state index contributed by atoms with van der Waals surface area (Å²) in [5.41, 5.74) is 4.50. The van der Waals surface area contributed by atoms with Crippen molar-refractivity contribution in [3.05, 3.63) is 59.2 Å². The molecule has 0 radical (unpaired) electrons. The van der Waals surface area contributed by atoms with Gasteiger partial charge in [0, 0.05) is 11.4 Å². The SMILES string of the molecule is Cc1ccc(Nc2nnc(SC(C)C(=O)Nc3cccc(C#N)c3)s2)cc1C. The third-order valence-electron chi connectivity index (χ3n) is 4.07. The molecule has 0 saturated carbocycles. The number of thioether (sulfide) groups is 1. The molecule has 1 unspecified atom stereocenters. The summed E-state index contributed by atoms with van der Waals surface area (Å²) in [6.45, 7) is 5.95. The van der Waals surface area contributed by atoms with Gasteiger partial charge in [0.15, 0.2) is 4.34 Å². The van der Waals surface area contributed by atoms with Crippen molar-refractivity contribution in [1.29, 1.82) is 5.26 Å². The van der Waals surface area contributed by atoms with Gasteiger partial charge in [-0.15, -0.1) is 10.2 Å². The fourth-order valence-corrected chi connectivity index (χ4v) is 4.28. The summed E-state index contributed by atoms with van der Waals surface area (Å²) in [6, 6.07) is 15.0. The van der Waals surface area contributed by atoms with Crippen molar-refractivity contribution < 1.29 is 4.79 Å². The first-order valence-corrected chi connectivity index (χ1v) is 10.3. The van der Waals surface area contributed by atoms with Gasteiger partial charge in [0.2, 0.25) is 11.0 Å². The van der Waals surface area contributed by atoms with E-state index in [1.54, 1.807) is 24.3 Å². The standard InChI is InChI=1S/C20H19N5OS2/c1-12-7-8-17(9-13(12)2)23-19-24-25-20(28-19)27-14(3)18(26)22-16-6-4-5-15(10-16)11-21/h4-10,14H,1-3H3,(H,22,26)(H,23,24). The molecule has 8 heteroatoms. The molecule has 0 spiro atoms. The molecular weight excluding hydrogens is 390 g/mol. The smallest absolute Gasteiger partial charge is 0.237 e. The summed E-state index contributed by atoms with van der Waals surface area (Å²) in [4.78, 5) is 12.4. The highest BCUT2D eigenvalue weighted by Crippen LogP contribution is 2.31. The lowest BCUT2D eigenvalue weighted by Gasteiger charge is -2.10. The molecule has 1 atom stereocenters. The van der Waals surface area contributed by atoms with Crippen LogP contribution >= 0.6 is 23.1 Å². The van der Waals surface area contributed by atoms with Gasteiger partial charge in [-0.25, -0.2) is 0 Å². The van der Waals surface area contributed by atoms with E-state index in [9.17, 15) is 4.79 Å². The van der Waals surface area contributed by atoms with Gasteiger partial charge in [-0.05, 0) is 62.2 Å². The van der Waals surface area contributed by atoms with Crippen molar-refractivity contribution >= 4 is 45.5 Å². The summed E-state index contributed by atoms with van der Waals surface area (Å²) in [5, 5.41) is 23.7. The number of amides is 1. The molecule has 1 aromatic heterocycles. The highest BCUT2D eigenvalue weighted by molar-refractivity contribution is 8.02. The zero-order chi connectivity index (χ0) is 20.1. The minimum absolute atomic E-state index is 0.154. The van der Waals surface area contributed by atoms with E-state index in [2.05, 4.69) is 52.9 Å². The molecule has 28 heavy (non-hydrogen) atoms. The van der Waals surface area contributed by atoms with Crippen LogP contribution in [0.15, 0.2) is 46.8 Å². The molecular formula is C20H19N5OS2. The Hall–Kier alpha value is -2.89. The molecule has 2 aromatic carbocycles. The third kappa shape index (κ3) is 5.09. The summed E-state index contributed by atoms with van der Waals surface area (Å²) in [5.74, 6) is -0.154. The number of hydrogen-bond donors (Lipinski definition) is 2. The van der Waals surface area contributed by atoms with Gasteiger partial charge in [-0.2, -0.15) is 5.26 Å².